The molecule has 0 aromatic heterocycles. The molecule has 2 nitrogen and oxygen atoms in total. The molecule has 0 aliphatic rings. The molecule has 0 amide bonds. The van der Waals surface area contributed by atoms with Crippen LogP contribution in [0.2, 0.25) is 0 Å². The summed E-state index contributed by atoms with van der Waals surface area (Å²) in [7, 11) is 3.95. The van der Waals surface area contributed by atoms with Gasteiger partial charge >= 0.3 is 0 Å². The third kappa shape index (κ3) is 3.44. The Labute approximate surface area is 114 Å². The van der Waals surface area contributed by atoms with Crippen LogP contribution >= 0.6 is 0 Å². The van der Waals surface area contributed by atoms with Crippen LogP contribution in [0.25, 0.3) is 0 Å². The van der Waals surface area contributed by atoms with Gasteiger partial charge in [0.15, 0.2) is 5.78 Å². The number of aryl methyl sites for hydroxylation is 1. The number of anilines is 1. The van der Waals surface area contributed by atoms with E-state index in [1.807, 2.05) is 68.4 Å². The number of carbonyl (C=O) groups is 1. The van der Waals surface area contributed by atoms with Crippen LogP contribution in [-0.4, -0.2) is 19.9 Å². The van der Waals surface area contributed by atoms with E-state index in [2.05, 4.69) is 6.07 Å². The van der Waals surface area contributed by atoms with Crippen LogP contribution in [-0.2, 0) is 6.42 Å². The number of hydrogen-bond acceptors (Lipinski definition) is 2. The Morgan fingerprint density at radius 1 is 1.05 bits per heavy atom. The zero-order valence-electron chi connectivity index (χ0n) is 11.7. The minimum absolute atomic E-state index is 0.161. The molecule has 0 radical (unpaired) electrons. The average Bonchev–Trinajstić information content (AvgIpc) is 2.39. The SMILES string of the molecule is Cc1cccc(CC(=O)c2cccc(N(C)C)c2)c1. The molecule has 19 heavy (non-hydrogen) atoms. The van der Waals surface area contributed by atoms with Gasteiger partial charge in [-0.2, -0.15) is 0 Å². The summed E-state index contributed by atoms with van der Waals surface area (Å²) in [5.41, 5.74) is 4.08. The maximum atomic E-state index is 12.3. The molecule has 2 aromatic rings. The molecule has 0 aliphatic carbocycles. The van der Waals surface area contributed by atoms with Gasteiger partial charge in [-0.15, -0.1) is 0 Å². The largest absolute Gasteiger partial charge is 0.378 e. The summed E-state index contributed by atoms with van der Waals surface area (Å²) in [4.78, 5) is 14.3. The van der Waals surface area contributed by atoms with Crippen LogP contribution in [0, 0.1) is 6.92 Å². The van der Waals surface area contributed by atoms with Crippen LogP contribution in [0.3, 0.4) is 0 Å². The predicted molar refractivity (Wildman–Crippen MR) is 80.0 cm³/mol. The van der Waals surface area contributed by atoms with Crippen molar-refractivity contribution >= 4 is 11.5 Å². The number of rotatable bonds is 4. The number of carbonyl (C=O) groups excluding carboxylic acids is 1. The lowest BCUT2D eigenvalue weighted by molar-refractivity contribution is 0.0993. The Morgan fingerprint density at radius 2 is 1.79 bits per heavy atom. The van der Waals surface area contributed by atoms with Crippen molar-refractivity contribution < 1.29 is 4.79 Å². The van der Waals surface area contributed by atoms with Gasteiger partial charge in [-0.1, -0.05) is 42.0 Å². The summed E-state index contributed by atoms with van der Waals surface area (Å²) in [6.07, 6.45) is 0.457. The third-order valence-electron chi connectivity index (χ3n) is 3.13. The summed E-state index contributed by atoms with van der Waals surface area (Å²) in [5, 5.41) is 0. The molecule has 2 rings (SSSR count). The fraction of sp³-hybridized carbons (Fsp3) is 0.235. The van der Waals surface area contributed by atoms with Crippen LogP contribution in [0.1, 0.15) is 21.5 Å². The Morgan fingerprint density at radius 3 is 2.47 bits per heavy atom. The van der Waals surface area contributed by atoms with Gasteiger partial charge in [-0.25, -0.2) is 0 Å². The average molecular weight is 253 g/mol. The van der Waals surface area contributed by atoms with E-state index in [-0.39, 0.29) is 5.78 Å². The summed E-state index contributed by atoms with van der Waals surface area (Å²) < 4.78 is 0. The van der Waals surface area contributed by atoms with Gasteiger partial charge in [0, 0.05) is 31.8 Å². The maximum Gasteiger partial charge on any atom is 0.167 e. The van der Waals surface area contributed by atoms with Crippen molar-refractivity contribution in [2.45, 2.75) is 13.3 Å². The highest BCUT2D eigenvalue weighted by Gasteiger charge is 2.08. The lowest BCUT2D eigenvalue weighted by atomic mass is 10.0. The van der Waals surface area contributed by atoms with Crippen molar-refractivity contribution in [2.75, 3.05) is 19.0 Å². The highest BCUT2D eigenvalue weighted by Crippen LogP contribution is 2.16. The first-order valence-corrected chi connectivity index (χ1v) is 6.42. The zero-order chi connectivity index (χ0) is 13.8. The number of benzene rings is 2. The second kappa shape index (κ2) is 5.70. The van der Waals surface area contributed by atoms with Gasteiger partial charge in [-0.05, 0) is 24.6 Å². The molecular formula is C17H19NO. The van der Waals surface area contributed by atoms with Crippen molar-refractivity contribution in [3.8, 4) is 0 Å². The van der Waals surface area contributed by atoms with E-state index < -0.39 is 0 Å². The van der Waals surface area contributed by atoms with E-state index in [0.29, 0.717) is 6.42 Å². The molecule has 98 valence electrons. The van der Waals surface area contributed by atoms with Gasteiger partial charge in [0.1, 0.15) is 0 Å². The van der Waals surface area contributed by atoms with Gasteiger partial charge in [0.25, 0.3) is 0 Å². The second-order valence-electron chi connectivity index (χ2n) is 5.03. The highest BCUT2D eigenvalue weighted by molar-refractivity contribution is 5.98. The molecule has 0 unspecified atom stereocenters. The topological polar surface area (TPSA) is 20.3 Å². The van der Waals surface area contributed by atoms with Crippen molar-refractivity contribution in [3.05, 3.63) is 65.2 Å². The molecule has 2 heteroatoms. The van der Waals surface area contributed by atoms with Crippen molar-refractivity contribution in [1.82, 2.24) is 0 Å². The lowest BCUT2D eigenvalue weighted by Gasteiger charge is -2.13. The Kier molecular flexibility index (Phi) is 4.00. The summed E-state index contributed by atoms with van der Waals surface area (Å²) in [6.45, 7) is 2.04. The summed E-state index contributed by atoms with van der Waals surface area (Å²) >= 11 is 0. The minimum atomic E-state index is 0.161. The fourth-order valence-corrected chi connectivity index (χ4v) is 2.07. The van der Waals surface area contributed by atoms with E-state index >= 15 is 0 Å². The van der Waals surface area contributed by atoms with Crippen LogP contribution in [0.15, 0.2) is 48.5 Å². The first-order valence-electron chi connectivity index (χ1n) is 6.42. The molecule has 0 atom stereocenters. The molecular weight excluding hydrogens is 234 g/mol. The normalized spacial score (nSPS) is 10.3. The van der Waals surface area contributed by atoms with Crippen LogP contribution < -0.4 is 4.90 Å². The Balaban J connectivity index is 2.18. The maximum absolute atomic E-state index is 12.3. The molecule has 0 fully saturated rings. The smallest absolute Gasteiger partial charge is 0.167 e. The molecule has 2 aromatic carbocycles. The number of Topliss-reactive ketones (excluding diaryl/α,β-unsaturated/α-hetero) is 1. The van der Waals surface area contributed by atoms with E-state index in [1.54, 1.807) is 0 Å². The molecule has 0 saturated heterocycles. The van der Waals surface area contributed by atoms with Gasteiger partial charge in [-0.3, -0.25) is 4.79 Å². The first kappa shape index (κ1) is 13.3. The number of nitrogens with zero attached hydrogens (tertiary/aromatic N) is 1. The molecule has 0 aliphatic heterocycles. The Hall–Kier alpha value is -2.09. The molecule has 0 bridgehead atoms. The monoisotopic (exact) mass is 253 g/mol. The third-order valence-corrected chi connectivity index (χ3v) is 3.13. The van der Waals surface area contributed by atoms with Crippen molar-refractivity contribution in [2.24, 2.45) is 0 Å². The second-order valence-corrected chi connectivity index (χ2v) is 5.03. The molecule has 0 saturated carbocycles. The predicted octanol–water partition coefficient (Wildman–Crippen LogP) is 3.49. The molecule has 0 N–H and O–H groups in total. The van der Waals surface area contributed by atoms with E-state index in [9.17, 15) is 4.79 Å². The minimum Gasteiger partial charge on any atom is -0.378 e. The van der Waals surface area contributed by atoms with Gasteiger partial charge in [0.2, 0.25) is 0 Å². The summed E-state index contributed by atoms with van der Waals surface area (Å²) in [5.74, 6) is 0.161. The quantitative estimate of drug-likeness (QED) is 0.777. The molecule has 0 heterocycles. The number of hydrogen-bond donors (Lipinski definition) is 0. The van der Waals surface area contributed by atoms with E-state index in [0.717, 1.165) is 16.8 Å². The number of ketones is 1. The van der Waals surface area contributed by atoms with Crippen molar-refractivity contribution in [3.63, 3.8) is 0 Å². The van der Waals surface area contributed by atoms with Gasteiger partial charge in [0.05, 0.1) is 0 Å². The fourth-order valence-electron chi connectivity index (χ4n) is 2.07. The van der Waals surface area contributed by atoms with Crippen LogP contribution in [0.5, 0.6) is 0 Å². The standard InChI is InChI=1S/C17H19NO/c1-13-6-4-7-14(10-13)11-17(19)15-8-5-9-16(12-15)18(2)3/h4-10,12H,11H2,1-3H3. The van der Waals surface area contributed by atoms with E-state index in [1.165, 1.54) is 5.56 Å². The zero-order valence-corrected chi connectivity index (χ0v) is 11.7. The van der Waals surface area contributed by atoms with E-state index in [4.69, 9.17) is 0 Å². The van der Waals surface area contributed by atoms with Crippen LogP contribution in [0.4, 0.5) is 5.69 Å². The Bertz CT molecular complexity index is 587. The van der Waals surface area contributed by atoms with Gasteiger partial charge < -0.3 is 4.90 Å². The van der Waals surface area contributed by atoms with Crippen molar-refractivity contribution in [1.29, 1.82) is 0 Å². The lowest BCUT2D eigenvalue weighted by Crippen LogP contribution is -2.10. The highest BCUT2D eigenvalue weighted by atomic mass is 16.1. The molecule has 0 spiro atoms. The first-order chi connectivity index (χ1) is 9.06. The summed E-state index contributed by atoms with van der Waals surface area (Å²) in [6, 6.07) is 15.9.